The van der Waals surface area contributed by atoms with Gasteiger partial charge in [-0.1, -0.05) is 63.1 Å². The second kappa shape index (κ2) is 6.51. The maximum absolute atomic E-state index is 6.22. The number of hydrogen-bond acceptors (Lipinski definition) is 4. The van der Waals surface area contributed by atoms with Crippen LogP contribution in [-0.2, 0) is 0 Å². The van der Waals surface area contributed by atoms with Crippen LogP contribution in [0.4, 0.5) is 0 Å². The van der Waals surface area contributed by atoms with E-state index < -0.39 is 0 Å². The molecule has 24 heavy (non-hydrogen) atoms. The molecule has 0 atom stereocenters. The van der Waals surface area contributed by atoms with Gasteiger partial charge in [0.25, 0.3) is 0 Å². The Balaban J connectivity index is 1.66. The summed E-state index contributed by atoms with van der Waals surface area (Å²) in [7, 11) is 0. The van der Waals surface area contributed by atoms with E-state index in [2.05, 4.69) is 26.1 Å². The molecule has 0 saturated heterocycles. The first-order valence-corrected chi connectivity index (χ1v) is 9.14. The predicted octanol–water partition coefficient (Wildman–Crippen LogP) is 6.55. The molecule has 0 spiro atoms. The molecule has 2 aromatic heterocycles. The van der Waals surface area contributed by atoms with Crippen LogP contribution in [0, 0.1) is 0 Å². The summed E-state index contributed by atoms with van der Waals surface area (Å²) in [5.74, 6) is 1.40. The molecule has 0 N–H and O–H groups in total. The molecule has 6 heteroatoms. The maximum Gasteiger partial charge on any atom is 0.183 e. The average molecular weight is 418 g/mol. The lowest BCUT2D eigenvalue weighted by Crippen LogP contribution is -1.76. The third-order valence-electron chi connectivity index (χ3n) is 3.47. The molecule has 0 amide bonds. The van der Waals surface area contributed by atoms with Crippen LogP contribution in [0.2, 0.25) is 5.02 Å². The molecule has 0 aliphatic heterocycles. The lowest BCUT2D eigenvalue weighted by molar-refractivity contribution is 0.596. The fourth-order valence-electron chi connectivity index (χ4n) is 2.29. The zero-order valence-electron chi connectivity index (χ0n) is 12.2. The van der Waals surface area contributed by atoms with Crippen LogP contribution in [0.5, 0.6) is 0 Å². The summed E-state index contributed by atoms with van der Waals surface area (Å²) in [6.07, 6.45) is 0. The Morgan fingerprint density at radius 2 is 1.54 bits per heavy atom. The van der Waals surface area contributed by atoms with Crippen molar-refractivity contribution in [1.82, 2.24) is 10.2 Å². The fraction of sp³-hybridized carbons (Fsp3) is 0. The zero-order valence-corrected chi connectivity index (χ0v) is 15.4. The predicted molar refractivity (Wildman–Crippen MR) is 101 cm³/mol. The van der Waals surface area contributed by atoms with Gasteiger partial charge in [0.2, 0.25) is 0 Å². The first-order chi connectivity index (χ1) is 11.7. The monoisotopic (exact) mass is 416 g/mol. The first kappa shape index (κ1) is 15.6. The fourth-order valence-corrected chi connectivity index (χ4v) is 3.59. The third kappa shape index (κ3) is 3.02. The second-order valence-electron chi connectivity index (χ2n) is 5.06. The minimum absolute atomic E-state index is 0.659. The number of halogens is 2. The van der Waals surface area contributed by atoms with E-state index in [-0.39, 0.29) is 0 Å². The van der Waals surface area contributed by atoms with Gasteiger partial charge in [0, 0.05) is 15.6 Å². The summed E-state index contributed by atoms with van der Waals surface area (Å²) in [6, 6.07) is 19.4. The van der Waals surface area contributed by atoms with Gasteiger partial charge in [-0.3, -0.25) is 0 Å². The third-order valence-corrected chi connectivity index (χ3v) is 5.32. The van der Waals surface area contributed by atoms with Crippen molar-refractivity contribution in [2.45, 2.75) is 0 Å². The van der Waals surface area contributed by atoms with E-state index in [1.807, 2.05) is 60.7 Å². The molecule has 0 radical (unpaired) electrons. The smallest absolute Gasteiger partial charge is 0.183 e. The van der Waals surface area contributed by atoms with Gasteiger partial charge in [-0.05, 0) is 36.4 Å². The van der Waals surface area contributed by atoms with E-state index in [1.165, 1.54) is 11.3 Å². The molecule has 118 valence electrons. The van der Waals surface area contributed by atoms with Crippen molar-refractivity contribution < 1.29 is 4.42 Å². The van der Waals surface area contributed by atoms with Crippen LogP contribution in [-0.4, -0.2) is 10.2 Å². The van der Waals surface area contributed by atoms with Crippen LogP contribution in [0.3, 0.4) is 0 Å². The molecular formula is C18H10BrClN2OS. The number of rotatable bonds is 3. The van der Waals surface area contributed by atoms with Crippen LogP contribution >= 0.6 is 38.9 Å². The standard InChI is InChI=1S/C18H10BrClN2OS/c19-12-7-5-11(6-8-12)17-21-22-18(24-17)16-10-9-15(23-16)13-3-1-2-4-14(13)20/h1-10H. The molecule has 4 rings (SSSR count). The molecule has 0 unspecified atom stereocenters. The van der Waals surface area contributed by atoms with Crippen molar-refractivity contribution >= 4 is 38.9 Å². The molecule has 2 aromatic carbocycles. The number of nitrogens with zero attached hydrogens (tertiary/aromatic N) is 2. The highest BCUT2D eigenvalue weighted by Gasteiger charge is 2.14. The van der Waals surface area contributed by atoms with Crippen molar-refractivity contribution in [2.24, 2.45) is 0 Å². The Kier molecular flexibility index (Phi) is 4.22. The summed E-state index contributed by atoms with van der Waals surface area (Å²) in [5, 5.41) is 10.8. The van der Waals surface area contributed by atoms with Gasteiger partial charge in [-0.15, -0.1) is 10.2 Å². The number of aromatic nitrogens is 2. The Morgan fingerprint density at radius 1 is 0.833 bits per heavy atom. The van der Waals surface area contributed by atoms with E-state index in [9.17, 15) is 0 Å². The summed E-state index contributed by atoms with van der Waals surface area (Å²) in [4.78, 5) is 0. The summed E-state index contributed by atoms with van der Waals surface area (Å²) < 4.78 is 6.95. The van der Waals surface area contributed by atoms with Crippen molar-refractivity contribution in [2.75, 3.05) is 0 Å². The highest BCUT2D eigenvalue weighted by atomic mass is 79.9. The number of furan rings is 1. The SMILES string of the molecule is Clc1ccccc1-c1ccc(-c2nnc(-c3ccc(Br)cc3)s2)o1. The first-order valence-electron chi connectivity index (χ1n) is 7.15. The molecule has 3 nitrogen and oxygen atoms in total. The van der Waals surface area contributed by atoms with E-state index in [1.54, 1.807) is 0 Å². The topological polar surface area (TPSA) is 38.9 Å². The average Bonchev–Trinajstić information content (AvgIpc) is 3.25. The summed E-state index contributed by atoms with van der Waals surface area (Å²) in [6.45, 7) is 0. The Morgan fingerprint density at radius 3 is 2.33 bits per heavy atom. The van der Waals surface area contributed by atoms with E-state index in [4.69, 9.17) is 16.0 Å². The molecule has 0 aliphatic rings. The number of benzene rings is 2. The van der Waals surface area contributed by atoms with Crippen LogP contribution in [0.15, 0.2) is 69.6 Å². The molecule has 4 aromatic rings. The quantitative estimate of drug-likeness (QED) is 0.379. The highest BCUT2D eigenvalue weighted by molar-refractivity contribution is 9.10. The van der Waals surface area contributed by atoms with Crippen LogP contribution in [0.25, 0.3) is 32.7 Å². The van der Waals surface area contributed by atoms with Gasteiger partial charge in [0.05, 0.1) is 5.02 Å². The van der Waals surface area contributed by atoms with Crippen molar-refractivity contribution in [3.63, 3.8) is 0 Å². The Labute approximate surface area is 156 Å². The Hall–Kier alpha value is -1.95. The normalized spacial score (nSPS) is 10.9. The van der Waals surface area contributed by atoms with Crippen molar-refractivity contribution in [3.05, 3.63) is 70.2 Å². The van der Waals surface area contributed by atoms with Gasteiger partial charge >= 0.3 is 0 Å². The maximum atomic E-state index is 6.22. The van der Waals surface area contributed by atoms with Gasteiger partial charge in [0.15, 0.2) is 10.8 Å². The van der Waals surface area contributed by atoms with Crippen LogP contribution in [0.1, 0.15) is 0 Å². The minimum atomic E-state index is 0.659. The molecular weight excluding hydrogens is 408 g/mol. The zero-order chi connectivity index (χ0) is 16.5. The summed E-state index contributed by atoms with van der Waals surface area (Å²) >= 11 is 11.1. The van der Waals surface area contributed by atoms with Gasteiger partial charge in [0.1, 0.15) is 10.8 Å². The second-order valence-corrected chi connectivity index (χ2v) is 7.36. The van der Waals surface area contributed by atoms with Crippen molar-refractivity contribution in [1.29, 1.82) is 0 Å². The molecule has 0 saturated carbocycles. The lowest BCUT2D eigenvalue weighted by Gasteiger charge is -1.99. The van der Waals surface area contributed by atoms with Gasteiger partial charge in [-0.25, -0.2) is 0 Å². The van der Waals surface area contributed by atoms with E-state index in [0.29, 0.717) is 10.8 Å². The minimum Gasteiger partial charge on any atom is -0.453 e. The largest absolute Gasteiger partial charge is 0.453 e. The molecule has 2 heterocycles. The van der Waals surface area contributed by atoms with E-state index in [0.717, 1.165) is 31.4 Å². The molecule has 0 bridgehead atoms. The number of hydrogen-bond donors (Lipinski definition) is 0. The van der Waals surface area contributed by atoms with Gasteiger partial charge < -0.3 is 4.42 Å². The van der Waals surface area contributed by atoms with Crippen molar-refractivity contribution in [3.8, 4) is 32.7 Å². The van der Waals surface area contributed by atoms with E-state index >= 15 is 0 Å². The molecule has 0 fully saturated rings. The Bertz CT molecular complexity index is 994. The lowest BCUT2D eigenvalue weighted by atomic mass is 10.2. The highest BCUT2D eigenvalue weighted by Crippen LogP contribution is 2.35. The van der Waals surface area contributed by atoms with Gasteiger partial charge in [-0.2, -0.15) is 0 Å². The van der Waals surface area contributed by atoms with Crippen LogP contribution < -0.4 is 0 Å². The summed E-state index contributed by atoms with van der Waals surface area (Å²) in [5.41, 5.74) is 1.89. The molecule has 0 aliphatic carbocycles.